The van der Waals surface area contributed by atoms with Gasteiger partial charge in [-0.3, -0.25) is 14.6 Å². The number of Topliss-reactive ketones (excluding diaryl/α,β-unsaturated/α-hetero) is 1. The summed E-state index contributed by atoms with van der Waals surface area (Å²) < 4.78 is 47.5. The lowest BCUT2D eigenvalue weighted by Gasteiger charge is -2.39. The van der Waals surface area contributed by atoms with E-state index in [1.165, 1.54) is 0 Å². The largest absolute Gasteiger partial charge is 0.297 e. The van der Waals surface area contributed by atoms with E-state index in [2.05, 4.69) is 0 Å². The Labute approximate surface area is 157 Å². The van der Waals surface area contributed by atoms with Crippen LogP contribution >= 0.6 is 0 Å². The number of hydrogen-bond donors (Lipinski definition) is 0. The normalized spacial score (nSPS) is 33.2. The van der Waals surface area contributed by atoms with Crippen molar-refractivity contribution in [2.45, 2.75) is 51.6 Å². The van der Waals surface area contributed by atoms with E-state index < -0.39 is 30.8 Å². The van der Waals surface area contributed by atoms with Gasteiger partial charge in [0.15, 0.2) is 25.5 Å². The summed E-state index contributed by atoms with van der Waals surface area (Å²) in [6.45, 7) is 9.31. The third-order valence-corrected chi connectivity index (χ3v) is 9.77. The van der Waals surface area contributed by atoms with Gasteiger partial charge in [0.05, 0.1) is 36.1 Å². The van der Waals surface area contributed by atoms with Crippen molar-refractivity contribution in [1.82, 2.24) is 9.80 Å². The predicted octanol–water partition coefficient (Wildman–Crippen LogP) is 0.354. The molecule has 0 unspecified atom stereocenters. The van der Waals surface area contributed by atoms with E-state index in [9.17, 15) is 21.6 Å². The van der Waals surface area contributed by atoms with Crippen LogP contribution in [0.3, 0.4) is 0 Å². The van der Waals surface area contributed by atoms with Crippen LogP contribution in [0.2, 0.25) is 0 Å². The molecular formula is C17H32N2O5S2. The molecule has 0 aliphatic carbocycles. The van der Waals surface area contributed by atoms with Crippen molar-refractivity contribution in [2.75, 3.05) is 49.2 Å². The number of rotatable bonds is 8. The second-order valence-electron chi connectivity index (χ2n) is 8.24. The fraction of sp³-hybridized carbons (Fsp3) is 0.941. The van der Waals surface area contributed by atoms with Crippen LogP contribution in [0, 0.1) is 0 Å². The molecule has 0 spiro atoms. The molecule has 2 rings (SSSR count). The van der Waals surface area contributed by atoms with E-state index in [0.717, 1.165) is 0 Å². The SMILES string of the molecule is CCN(CC(=O)CN(CC)[C@]1(C)CCS(=O)(=O)C1)[C@]1(C)CCS(=O)(=O)C1. The van der Waals surface area contributed by atoms with E-state index in [4.69, 9.17) is 0 Å². The van der Waals surface area contributed by atoms with Crippen LogP contribution in [0.1, 0.15) is 40.5 Å². The average Bonchev–Trinajstić information content (AvgIpc) is 2.98. The van der Waals surface area contributed by atoms with Crippen molar-refractivity contribution < 1.29 is 21.6 Å². The highest BCUT2D eigenvalue weighted by Crippen LogP contribution is 2.31. The number of hydrogen-bond acceptors (Lipinski definition) is 7. The summed E-state index contributed by atoms with van der Waals surface area (Å²) in [4.78, 5) is 16.6. The first-order valence-electron chi connectivity index (χ1n) is 9.27. The Balaban J connectivity index is 2.04. The standard InChI is InChI=1S/C17H32N2O5S2/c1-5-18(16(3)7-9-25(21,22)13-16)11-15(20)12-19(6-2)17(4)8-10-26(23,24)14-17/h5-14H2,1-4H3/t16-,17-/m1/s1. The minimum absolute atomic E-state index is 0.00439. The zero-order valence-corrected chi connectivity index (χ0v) is 18.0. The number of carbonyl (C=O) groups excluding carboxylic acids is 1. The zero-order valence-electron chi connectivity index (χ0n) is 16.3. The molecule has 2 fully saturated rings. The maximum absolute atomic E-state index is 12.7. The van der Waals surface area contributed by atoms with E-state index in [1.807, 2.05) is 37.5 Å². The molecular weight excluding hydrogens is 376 g/mol. The second kappa shape index (κ2) is 7.48. The first-order chi connectivity index (χ1) is 11.8. The average molecular weight is 409 g/mol. The van der Waals surface area contributed by atoms with Gasteiger partial charge in [-0.1, -0.05) is 13.8 Å². The number of nitrogens with zero attached hydrogens (tertiary/aromatic N) is 2. The molecule has 2 saturated heterocycles. The van der Waals surface area contributed by atoms with Gasteiger partial charge in [-0.2, -0.15) is 0 Å². The van der Waals surface area contributed by atoms with Crippen LogP contribution in [0.4, 0.5) is 0 Å². The molecule has 9 heteroatoms. The van der Waals surface area contributed by atoms with Crippen molar-refractivity contribution in [3.05, 3.63) is 0 Å². The van der Waals surface area contributed by atoms with Crippen LogP contribution in [-0.2, 0) is 24.5 Å². The molecule has 2 heterocycles. The fourth-order valence-electron chi connectivity index (χ4n) is 4.33. The Hall–Kier alpha value is -0.510. The topological polar surface area (TPSA) is 91.8 Å². The first kappa shape index (κ1) is 21.8. The summed E-state index contributed by atoms with van der Waals surface area (Å²) in [7, 11) is -6.08. The summed E-state index contributed by atoms with van der Waals surface area (Å²) in [5.41, 5.74) is -0.998. The van der Waals surface area contributed by atoms with Crippen molar-refractivity contribution >= 4 is 25.5 Å². The number of sulfone groups is 2. The monoisotopic (exact) mass is 408 g/mol. The maximum atomic E-state index is 12.7. The highest BCUT2D eigenvalue weighted by Gasteiger charge is 2.44. The third-order valence-electron chi connectivity index (χ3n) is 5.99. The molecule has 0 saturated carbocycles. The minimum Gasteiger partial charge on any atom is -0.297 e. The Morgan fingerprint density at radius 3 is 1.38 bits per heavy atom. The molecule has 2 aliphatic rings. The van der Waals surface area contributed by atoms with Gasteiger partial charge in [0.2, 0.25) is 0 Å². The van der Waals surface area contributed by atoms with Gasteiger partial charge in [-0.25, -0.2) is 16.8 Å². The summed E-state index contributed by atoms with van der Waals surface area (Å²) in [5, 5.41) is 0. The van der Waals surface area contributed by atoms with Crippen LogP contribution in [0.5, 0.6) is 0 Å². The van der Waals surface area contributed by atoms with Crippen LogP contribution in [-0.4, -0.2) is 92.7 Å². The zero-order chi connectivity index (χ0) is 19.8. The van der Waals surface area contributed by atoms with Gasteiger partial charge in [-0.05, 0) is 39.8 Å². The minimum atomic E-state index is -3.04. The molecule has 0 aromatic carbocycles. The number of carbonyl (C=O) groups is 1. The molecule has 0 bridgehead atoms. The summed E-state index contributed by atoms with van der Waals surface area (Å²) in [6, 6.07) is 0. The van der Waals surface area contributed by atoms with Gasteiger partial charge >= 0.3 is 0 Å². The summed E-state index contributed by atoms with van der Waals surface area (Å²) in [5.74, 6) is 0.532. The second-order valence-corrected chi connectivity index (χ2v) is 12.6. The highest BCUT2D eigenvalue weighted by atomic mass is 32.2. The van der Waals surface area contributed by atoms with Gasteiger partial charge in [0, 0.05) is 11.1 Å². The predicted molar refractivity (Wildman–Crippen MR) is 103 cm³/mol. The molecule has 0 aromatic heterocycles. The smallest absolute Gasteiger partial charge is 0.160 e. The summed E-state index contributed by atoms with van der Waals surface area (Å²) >= 11 is 0. The third kappa shape index (κ3) is 4.85. The van der Waals surface area contributed by atoms with Crippen LogP contribution in [0.15, 0.2) is 0 Å². The lowest BCUT2D eigenvalue weighted by atomic mass is 9.97. The number of ketones is 1. The molecule has 7 nitrogen and oxygen atoms in total. The van der Waals surface area contributed by atoms with Crippen molar-refractivity contribution in [2.24, 2.45) is 0 Å². The lowest BCUT2D eigenvalue weighted by Crippen LogP contribution is -2.53. The highest BCUT2D eigenvalue weighted by molar-refractivity contribution is 7.92. The number of likely N-dealkylation sites (N-methyl/N-ethyl adjacent to an activating group) is 2. The summed E-state index contributed by atoms with van der Waals surface area (Å²) in [6.07, 6.45) is 1.09. The van der Waals surface area contributed by atoms with Gasteiger partial charge < -0.3 is 0 Å². The van der Waals surface area contributed by atoms with Crippen molar-refractivity contribution in [1.29, 1.82) is 0 Å². The molecule has 0 aromatic rings. The molecule has 0 N–H and O–H groups in total. The van der Waals surface area contributed by atoms with Gasteiger partial charge in [-0.15, -0.1) is 0 Å². The maximum Gasteiger partial charge on any atom is 0.160 e. The Kier molecular flexibility index (Phi) is 6.27. The van der Waals surface area contributed by atoms with Crippen molar-refractivity contribution in [3.8, 4) is 0 Å². The van der Waals surface area contributed by atoms with Crippen LogP contribution in [0.25, 0.3) is 0 Å². The first-order valence-corrected chi connectivity index (χ1v) is 12.9. The van der Waals surface area contributed by atoms with Gasteiger partial charge in [0.25, 0.3) is 0 Å². The molecule has 2 aliphatic heterocycles. The lowest BCUT2D eigenvalue weighted by molar-refractivity contribution is -0.123. The van der Waals surface area contributed by atoms with Gasteiger partial charge in [0.1, 0.15) is 0 Å². The molecule has 2 atom stereocenters. The fourth-order valence-corrected chi connectivity index (χ4v) is 8.67. The van der Waals surface area contributed by atoms with E-state index in [1.54, 1.807) is 0 Å². The van der Waals surface area contributed by atoms with E-state index >= 15 is 0 Å². The molecule has 0 radical (unpaired) electrons. The van der Waals surface area contributed by atoms with E-state index in [0.29, 0.717) is 25.9 Å². The Morgan fingerprint density at radius 1 is 0.808 bits per heavy atom. The Morgan fingerprint density at radius 2 is 1.15 bits per heavy atom. The molecule has 0 amide bonds. The quantitative estimate of drug-likeness (QED) is 0.572. The van der Waals surface area contributed by atoms with Crippen LogP contribution < -0.4 is 0 Å². The molecule has 26 heavy (non-hydrogen) atoms. The van der Waals surface area contributed by atoms with Crippen molar-refractivity contribution in [3.63, 3.8) is 0 Å². The Bertz CT molecular complexity index is 687. The molecule has 152 valence electrons. The van der Waals surface area contributed by atoms with E-state index in [-0.39, 0.29) is 41.9 Å².